The number of rotatable bonds is 5. The molecule has 1 amide bonds. The van der Waals surface area contributed by atoms with Crippen LogP contribution in [0.5, 0.6) is 0 Å². The Bertz CT molecular complexity index is 1200. The van der Waals surface area contributed by atoms with Crippen LogP contribution in [0.15, 0.2) is 24.3 Å². The molecule has 2 N–H and O–H groups in total. The van der Waals surface area contributed by atoms with Gasteiger partial charge in [-0.3, -0.25) is 0 Å². The number of hydrogen-bond acceptors (Lipinski definition) is 3. The largest absolute Gasteiger partial charge is 0.447 e. The first kappa shape index (κ1) is 5.32. The Labute approximate surface area is 142 Å². The van der Waals surface area contributed by atoms with Gasteiger partial charge in [0.25, 0.3) is 0 Å². The first-order valence-corrected chi connectivity index (χ1v) is 6.08. The van der Waals surface area contributed by atoms with Crippen molar-refractivity contribution >= 4 is 17.0 Å². The van der Waals surface area contributed by atoms with Crippen molar-refractivity contribution in [2.45, 2.75) is 18.8 Å². The van der Waals surface area contributed by atoms with Crippen LogP contribution < -0.4 is 5.31 Å². The summed E-state index contributed by atoms with van der Waals surface area (Å²) in [7, 11) is 2.50. The van der Waals surface area contributed by atoms with Gasteiger partial charge in [-0.25, -0.2) is 4.79 Å². The minimum absolute atomic E-state index is 0.101. The number of aromatic amines is 1. The summed E-state index contributed by atoms with van der Waals surface area (Å²) >= 11 is 0. The van der Waals surface area contributed by atoms with E-state index in [0.717, 1.165) is 4.90 Å². The van der Waals surface area contributed by atoms with Crippen LogP contribution in [0.25, 0.3) is 10.9 Å². The zero-order valence-corrected chi connectivity index (χ0v) is 11.4. The molecule has 1 aromatic heterocycles. The van der Waals surface area contributed by atoms with E-state index in [1.165, 1.54) is 14.1 Å². The highest BCUT2D eigenvalue weighted by Gasteiger charge is 2.22. The number of aromatic nitrogens is 1. The number of nitrogens with one attached hydrogen (secondary N) is 2. The normalized spacial score (nSPS) is 34.9. The third-order valence-corrected chi connectivity index (χ3v) is 2.61. The van der Waals surface area contributed by atoms with Crippen LogP contribution in [0.4, 0.5) is 4.79 Å². The van der Waals surface area contributed by atoms with Gasteiger partial charge in [0.15, 0.2) is 2.82 Å². The van der Waals surface area contributed by atoms with Gasteiger partial charge in [-0.15, -0.1) is 0 Å². The second-order valence-corrected chi connectivity index (χ2v) is 4.51. The van der Waals surface area contributed by atoms with Crippen LogP contribution in [-0.2, 0) is 17.5 Å². The molecule has 0 unspecified atom stereocenters. The SMILES string of the molecule is [2H]c1c(C[C@]2([2H])N([2H])C(=O)OC2([2H])[2H])c([2H])c2c(C([2H])([2H])C([2H])([2H])N(C)C)c([2H])n([2H])c2c1[2H]. The van der Waals surface area contributed by atoms with Crippen molar-refractivity contribution in [2.24, 2.45) is 0 Å². The van der Waals surface area contributed by atoms with Crippen molar-refractivity contribution < 1.29 is 27.4 Å². The van der Waals surface area contributed by atoms with Gasteiger partial charge >= 0.3 is 6.09 Å². The number of hydrogen-bond donors (Lipinski definition) is 2. The molecule has 2 aromatic rings. The molecule has 2 heterocycles. The van der Waals surface area contributed by atoms with Gasteiger partial charge in [-0.05, 0) is 50.1 Å². The summed E-state index contributed by atoms with van der Waals surface area (Å²) in [5, 5.41) is -0.631. The minimum atomic E-state index is -3.04. The van der Waals surface area contributed by atoms with E-state index >= 15 is 0 Å². The Morgan fingerprint density at radius 3 is 3.24 bits per heavy atom. The lowest BCUT2D eigenvalue weighted by Crippen LogP contribution is -2.28. The Balaban J connectivity index is 2.40. The van der Waals surface area contributed by atoms with Crippen molar-refractivity contribution in [1.29, 1.82) is 0 Å². The molecule has 0 aliphatic carbocycles. The lowest BCUT2D eigenvalue weighted by Gasteiger charge is -2.09. The van der Waals surface area contributed by atoms with E-state index in [2.05, 4.69) is 4.74 Å². The molecular weight excluding hydrogens is 266 g/mol. The standard InChI is InChI=1S/C16H21N3O2/c1-19(2)6-5-12-9-17-15-4-3-11(8-14(12)15)7-13-10-21-16(20)18-13/h3-4,8-9,13,17H,5-7,10H2,1-2H3,(H,18,20)/t13-/m0/s1/i3D,4D,5D2,6D2,8D,9D,10D2,13D/hD2. The maximum Gasteiger partial charge on any atom is 0.407 e. The molecule has 5 nitrogen and oxygen atoms in total. The van der Waals surface area contributed by atoms with Crippen LogP contribution >= 0.6 is 0 Å². The molecule has 1 atom stereocenters. The number of amides is 1. The third-order valence-electron chi connectivity index (χ3n) is 2.61. The Hall–Kier alpha value is -2.01. The second kappa shape index (κ2) is 5.77. The zero-order valence-electron chi connectivity index (χ0n) is 24.4. The quantitative estimate of drug-likeness (QED) is 0.887. The summed E-state index contributed by atoms with van der Waals surface area (Å²) in [6.45, 7) is -5.78. The van der Waals surface area contributed by atoms with Gasteiger partial charge in [0.05, 0.1) is 15.6 Å². The molecule has 0 spiro atoms. The summed E-state index contributed by atoms with van der Waals surface area (Å²) in [4.78, 5) is 12.9. The smallest absolute Gasteiger partial charge is 0.407 e. The fourth-order valence-electron chi connectivity index (χ4n) is 1.72. The predicted octanol–water partition coefficient (Wildman–Crippen LogP) is 1.92. The monoisotopic (exact) mass is 300 g/mol. The first-order valence-electron chi connectivity index (χ1n) is 12.5. The van der Waals surface area contributed by atoms with E-state index < -0.39 is 84.3 Å². The van der Waals surface area contributed by atoms with Gasteiger partial charge in [0.2, 0.25) is 0 Å². The lowest BCUT2D eigenvalue weighted by molar-refractivity contribution is 0.177. The van der Waals surface area contributed by atoms with Crippen molar-refractivity contribution in [3.8, 4) is 0 Å². The molecule has 21 heavy (non-hydrogen) atoms. The van der Waals surface area contributed by atoms with E-state index in [4.69, 9.17) is 17.9 Å². The van der Waals surface area contributed by atoms with Crippen LogP contribution in [0.3, 0.4) is 0 Å². The zero-order chi connectivity index (χ0) is 26.3. The number of ether oxygens (including phenoxy) is 1. The maximum atomic E-state index is 11.7. The molecule has 1 aliphatic heterocycles. The lowest BCUT2D eigenvalue weighted by atomic mass is 10.0. The molecule has 0 saturated carbocycles. The van der Waals surface area contributed by atoms with Crippen LogP contribution in [0.2, 0.25) is 2.82 Å². The number of H-pyrrole nitrogens is 1. The van der Waals surface area contributed by atoms with E-state index in [1.54, 1.807) is 0 Å². The average molecular weight is 300 g/mol. The molecule has 1 aliphatic rings. The molecule has 1 fully saturated rings. The topological polar surface area (TPSA) is 57.4 Å². The van der Waals surface area contributed by atoms with Gasteiger partial charge < -0.3 is 19.9 Å². The molecule has 0 bridgehead atoms. The Kier molecular flexibility index (Phi) is 1.46. The molecule has 1 saturated heterocycles. The number of benzene rings is 1. The average Bonchev–Trinajstić information content (AvgIpc) is 3.06. The molecule has 112 valence electrons. The highest BCUT2D eigenvalue weighted by atomic mass is 16.6. The Morgan fingerprint density at radius 2 is 2.52 bits per heavy atom. The number of carbonyl (C=O) groups is 1. The third kappa shape index (κ3) is 3.19. The van der Waals surface area contributed by atoms with E-state index in [0.29, 0.717) is 4.98 Å². The van der Waals surface area contributed by atoms with Gasteiger partial charge in [-0.2, -0.15) is 0 Å². The highest BCUT2D eigenvalue weighted by Crippen LogP contribution is 2.21. The van der Waals surface area contributed by atoms with Gasteiger partial charge in [0, 0.05) is 29.1 Å². The van der Waals surface area contributed by atoms with Crippen molar-refractivity contribution in [2.75, 3.05) is 27.2 Å². The second-order valence-electron chi connectivity index (χ2n) is 4.51. The number of alkyl carbamates (subject to hydrolysis) is 1. The summed E-state index contributed by atoms with van der Waals surface area (Å²) in [6, 6.07) is -5.02. The number of fused-ring (bicyclic) bond motifs is 1. The molecule has 1 aromatic carbocycles. The summed E-state index contributed by atoms with van der Waals surface area (Å²) in [6.07, 6.45) is -6.31. The Morgan fingerprint density at radius 1 is 1.67 bits per heavy atom. The molecule has 3 rings (SSSR count). The summed E-state index contributed by atoms with van der Waals surface area (Å²) < 4.78 is 111. The van der Waals surface area contributed by atoms with Gasteiger partial charge in [0.1, 0.15) is 6.56 Å². The fourth-order valence-corrected chi connectivity index (χ4v) is 1.72. The van der Waals surface area contributed by atoms with Crippen LogP contribution in [0, 0.1) is 0 Å². The number of likely N-dealkylation sites (N-methyl/N-ethyl adjacent to an activating group) is 1. The van der Waals surface area contributed by atoms with Crippen LogP contribution in [0.1, 0.15) is 26.2 Å². The number of aryl methyl sites for hydroxylation is 1. The summed E-state index contributed by atoms with van der Waals surface area (Å²) in [5.41, 5.74) is -1.78. The predicted molar refractivity (Wildman–Crippen MR) is 82.5 cm³/mol. The van der Waals surface area contributed by atoms with Crippen molar-refractivity contribution in [1.82, 2.24) is 15.2 Å². The highest BCUT2D eigenvalue weighted by molar-refractivity contribution is 5.84. The van der Waals surface area contributed by atoms with Crippen LogP contribution in [-0.4, -0.2) is 49.1 Å². The number of nitrogens with zero attached hydrogens (tertiary/aromatic N) is 1. The van der Waals surface area contributed by atoms with Gasteiger partial charge in [-0.1, -0.05) is 6.04 Å². The molecule has 0 radical (unpaired) electrons. The van der Waals surface area contributed by atoms with E-state index in [9.17, 15) is 4.79 Å². The minimum Gasteiger partial charge on any atom is -0.447 e. The summed E-state index contributed by atoms with van der Waals surface area (Å²) in [5.74, 6) is 0. The van der Waals surface area contributed by atoms with Crippen molar-refractivity contribution in [3.63, 3.8) is 0 Å². The maximum absolute atomic E-state index is 11.7. The molecular formula is C16H21N3O2. The van der Waals surface area contributed by atoms with E-state index in [1.807, 2.05) is 0 Å². The fraction of sp³-hybridized carbons (Fsp3) is 0.438. The first-order chi connectivity index (χ1) is 15.3. The number of cyclic esters (lactones) is 1. The van der Waals surface area contributed by atoms with E-state index in [-0.39, 0.29) is 5.31 Å². The number of carbonyl (C=O) groups excluding carboxylic acids is 1. The van der Waals surface area contributed by atoms with Crippen molar-refractivity contribution in [3.05, 3.63) is 35.4 Å². The molecule has 5 heteroatoms.